The minimum absolute atomic E-state index is 0.143. The van der Waals surface area contributed by atoms with Gasteiger partial charge < -0.3 is 14.2 Å². The third-order valence-corrected chi connectivity index (χ3v) is 5.60. The van der Waals surface area contributed by atoms with Gasteiger partial charge in [0.25, 0.3) is 10.0 Å². The maximum atomic E-state index is 13.1. The lowest BCUT2D eigenvalue weighted by Crippen LogP contribution is -2.42. The smallest absolute Gasteiger partial charge is 0.264 e. The molecule has 2 aromatic carbocycles. The quantitative estimate of drug-likeness (QED) is 0.849. The molecular weight excluding hydrogens is 330 g/mol. The Kier molecular flexibility index (Phi) is 4.28. The first-order valence-electron chi connectivity index (χ1n) is 7.48. The van der Waals surface area contributed by atoms with Crippen LogP contribution < -0.4 is 18.5 Å². The van der Waals surface area contributed by atoms with Crippen molar-refractivity contribution in [3.63, 3.8) is 0 Å². The Morgan fingerprint density at radius 1 is 1.08 bits per heavy atom. The average Bonchev–Trinajstić information content (AvgIpc) is 2.60. The predicted molar refractivity (Wildman–Crippen MR) is 90.6 cm³/mol. The number of anilines is 1. The van der Waals surface area contributed by atoms with Crippen molar-refractivity contribution in [2.45, 2.75) is 17.9 Å². The number of hydrogen-bond acceptors (Lipinski definition) is 5. The van der Waals surface area contributed by atoms with Crippen molar-refractivity contribution in [3.8, 4) is 17.2 Å². The second-order valence-corrected chi connectivity index (χ2v) is 7.31. The molecule has 7 heteroatoms. The van der Waals surface area contributed by atoms with Crippen LogP contribution in [0.15, 0.2) is 47.4 Å². The van der Waals surface area contributed by atoms with Crippen molar-refractivity contribution < 1.29 is 22.6 Å². The fraction of sp³-hybridized carbons (Fsp3) is 0.294. The van der Waals surface area contributed by atoms with Crippen LogP contribution in [-0.4, -0.2) is 35.3 Å². The Morgan fingerprint density at radius 3 is 2.50 bits per heavy atom. The molecule has 0 aliphatic carbocycles. The Bertz CT molecular complexity index is 850. The highest BCUT2D eigenvalue weighted by Crippen LogP contribution is 2.38. The number of ether oxygens (including phenoxy) is 3. The zero-order valence-corrected chi connectivity index (χ0v) is 14.5. The normalized spacial score (nSPS) is 17.0. The first kappa shape index (κ1) is 16.4. The molecule has 0 fully saturated rings. The molecule has 0 saturated heterocycles. The average molecular weight is 349 g/mol. The first-order valence-corrected chi connectivity index (χ1v) is 8.92. The van der Waals surface area contributed by atoms with E-state index < -0.39 is 10.0 Å². The standard InChI is InChI=1S/C17H19NO5S/c1-12-11-18(14-6-4-5-7-15(14)23-12)24(19,20)13-8-9-16(21-2)17(10-13)22-3/h4-10,12H,11H2,1-3H3. The Labute approximate surface area is 141 Å². The van der Waals surface area contributed by atoms with E-state index in [0.29, 0.717) is 22.9 Å². The summed E-state index contributed by atoms with van der Waals surface area (Å²) in [5.74, 6) is 1.40. The molecule has 0 saturated carbocycles. The van der Waals surface area contributed by atoms with Gasteiger partial charge in [-0.15, -0.1) is 0 Å². The number of fused-ring (bicyclic) bond motifs is 1. The largest absolute Gasteiger partial charge is 0.493 e. The predicted octanol–water partition coefficient (Wildman–Crippen LogP) is 2.68. The Morgan fingerprint density at radius 2 is 1.79 bits per heavy atom. The van der Waals surface area contributed by atoms with Gasteiger partial charge in [0, 0.05) is 6.07 Å². The number of methoxy groups -OCH3 is 2. The summed E-state index contributed by atoms with van der Waals surface area (Å²) in [6.07, 6.45) is -0.241. The first-order chi connectivity index (χ1) is 11.5. The molecule has 0 aromatic heterocycles. The van der Waals surface area contributed by atoms with Gasteiger partial charge in [0.1, 0.15) is 11.9 Å². The molecule has 1 aliphatic rings. The van der Waals surface area contributed by atoms with E-state index in [0.717, 1.165) is 0 Å². The van der Waals surface area contributed by atoms with Gasteiger partial charge in [-0.25, -0.2) is 8.42 Å². The van der Waals surface area contributed by atoms with Gasteiger partial charge >= 0.3 is 0 Å². The summed E-state index contributed by atoms with van der Waals surface area (Å²) in [6.45, 7) is 2.08. The number of sulfonamides is 1. The number of para-hydroxylation sites is 2. The van der Waals surface area contributed by atoms with E-state index in [4.69, 9.17) is 14.2 Å². The molecule has 128 valence electrons. The summed E-state index contributed by atoms with van der Waals surface area (Å²) < 4.78 is 43.8. The second kappa shape index (κ2) is 6.24. The van der Waals surface area contributed by atoms with Crippen LogP contribution in [0.3, 0.4) is 0 Å². The minimum Gasteiger partial charge on any atom is -0.493 e. The molecule has 2 aromatic rings. The number of rotatable bonds is 4. The van der Waals surface area contributed by atoms with Crippen LogP contribution in [0.25, 0.3) is 0 Å². The molecule has 1 heterocycles. The highest BCUT2D eigenvalue weighted by Gasteiger charge is 2.33. The Hall–Kier alpha value is -2.41. The third-order valence-electron chi connectivity index (χ3n) is 3.83. The highest BCUT2D eigenvalue weighted by atomic mass is 32.2. The lowest BCUT2D eigenvalue weighted by molar-refractivity contribution is 0.219. The number of nitrogens with zero attached hydrogens (tertiary/aromatic N) is 1. The molecule has 0 radical (unpaired) electrons. The molecule has 0 N–H and O–H groups in total. The van der Waals surface area contributed by atoms with Gasteiger partial charge in [-0.1, -0.05) is 12.1 Å². The van der Waals surface area contributed by atoms with E-state index in [1.54, 1.807) is 24.3 Å². The van der Waals surface area contributed by atoms with Gasteiger partial charge in [0.05, 0.1) is 31.3 Å². The monoisotopic (exact) mass is 349 g/mol. The maximum absolute atomic E-state index is 13.1. The van der Waals surface area contributed by atoms with Crippen LogP contribution >= 0.6 is 0 Å². The lowest BCUT2D eigenvalue weighted by atomic mass is 10.2. The summed E-state index contributed by atoms with van der Waals surface area (Å²) in [5.41, 5.74) is 0.533. The molecule has 1 unspecified atom stereocenters. The van der Waals surface area contributed by atoms with Crippen molar-refractivity contribution in [2.75, 3.05) is 25.1 Å². The summed E-state index contributed by atoms with van der Waals surface area (Å²) in [7, 11) is -0.770. The van der Waals surface area contributed by atoms with E-state index in [9.17, 15) is 8.42 Å². The fourth-order valence-corrected chi connectivity index (χ4v) is 4.25. The number of benzene rings is 2. The van der Waals surface area contributed by atoms with E-state index in [1.165, 1.54) is 30.7 Å². The van der Waals surface area contributed by atoms with E-state index >= 15 is 0 Å². The summed E-state index contributed by atoms with van der Waals surface area (Å²) in [4.78, 5) is 0.143. The molecule has 1 atom stereocenters. The molecule has 0 amide bonds. The molecule has 0 spiro atoms. The Balaban J connectivity index is 2.08. The van der Waals surface area contributed by atoms with Crippen molar-refractivity contribution in [1.29, 1.82) is 0 Å². The summed E-state index contributed by atoms with van der Waals surface area (Å²) in [6, 6.07) is 11.7. The zero-order valence-electron chi connectivity index (χ0n) is 13.7. The summed E-state index contributed by atoms with van der Waals surface area (Å²) >= 11 is 0. The van der Waals surface area contributed by atoms with Gasteiger partial charge in [-0.2, -0.15) is 0 Å². The highest BCUT2D eigenvalue weighted by molar-refractivity contribution is 7.92. The molecule has 6 nitrogen and oxygen atoms in total. The topological polar surface area (TPSA) is 65.1 Å². The zero-order chi connectivity index (χ0) is 17.3. The third kappa shape index (κ3) is 2.75. The molecule has 1 aliphatic heterocycles. The van der Waals surface area contributed by atoms with Crippen LogP contribution in [0, 0.1) is 0 Å². The minimum atomic E-state index is -3.75. The van der Waals surface area contributed by atoms with Crippen molar-refractivity contribution in [3.05, 3.63) is 42.5 Å². The SMILES string of the molecule is COc1ccc(S(=O)(=O)N2CC(C)Oc3ccccc32)cc1OC. The maximum Gasteiger partial charge on any atom is 0.264 e. The van der Waals surface area contributed by atoms with Crippen LogP contribution in [0.5, 0.6) is 17.2 Å². The van der Waals surface area contributed by atoms with Crippen molar-refractivity contribution in [2.24, 2.45) is 0 Å². The molecule has 0 bridgehead atoms. The van der Waals surface area contributed by atoms with Crippen LogP contribution in [-0.2, 0) is 10.0 Å². The van der Waals surface area contributed by atoms with Crippen molar-refractivity contribution >= 4 is 15.7 Å². The van der Waals surface area contributed by atoms with Gasteiger partial charge in [0.2, 0.25) is 0 Å². The van der Waals surface area contributed by atoms with Gasteiger partial charge in [-0.05, 0) is 31.2 Å². The van der Waals surface area contributed by atoms with Crippen molar-refractivity contribution in [1.82, 2.24) is 0 Å². The van der Waals surface area contributed by atoms with E-state index in [2.05, 4.69) is 0 Å². The lowest BCUT2D eigenvalue weighted by Gasteiger charge is -2.34. The molecule has 24 heavy (non-hydrogen) atoms. The number of hydrogen-bond donors (Lipinski definition) is 0. The van der Waals surface area contributed by atoms with Gasteiger partial charge in [0.15, 0.2) is 11.5 Å². The van der Waals surface area contributed by atoms with Crippen LogP contribution in [0.1, 0.15) is 6.92 Å². The van der Waals surface area contributed by atoms with E-state index in [1.807, 2.05) is 13.0 Å². The summed E-state index contributed by atoms with van der Waals surface area (Å²) in [5, 5.41) is 0. The molecular formula is C17H19NO5S. The van der Waals surface area contributed by atoms with Crippen LogP contribution in [0.4, 0.5) is 5.69 Å². The fourth-order valence-electron chi connectivity index (χ4n) is 2.68. The van der Waals surface area contributed by atoms with Gasteiger partial charge in [-0.3, -0.25) is 4.31 Å². The molecule has 3 rings (SSSR count). The van der Waals surface area contributed by atoms with Crippen LogP contribution in [0.2, 0.25) is 0 Å². The second-order valence-electron chi connectivity index (χ2n) is 5.45. The van der Waals surface area contributed by atoms with E-state index in [-0.39, 0.29) is 17.5 Å².